The van der Waals surface area contributed by atoms with E-state index in [-0.39, 0.29) is 18.1 Å². The molecule has 0 spiro atoms. The fourth-order valence-electron chi connectivity index (χ4n) is 2.83. The number of hydrogen-bond donors (Lipinski definition) is 0. The Morgan fingerprint density at radius 3 is 2.68 bits per heavy atom. The van der Waals surface area contributed by atoms with Gasteiger partial charge in [-0.05, 0) is 32.9 Å². The summed E-state index contributed by atoms with van der Waals surface area (Å²) in [6.45, 7) is 8.52. The number of nitrogens with zero attached hydrogens (tertiary/aromatic N) is 2. The number of fused-ring (bicyclic) bond motifs is 1. The minimum atomic E-state index is -0.227. The lowest BCUT2D eigenvalue weighted by Crippen LogP contribution is -2.46. The first-order valence-corrected chi connectivity index (χ1v) is 8.65. The van der Waals surface area contributed by atoms with Crippen LogP contribution in [0.1, 0.15) is 42.9 Å². The molecule has 6 nitrogen and oxygen atoms in total. The molecule has 1 atom stereocenters. The molecule has 25 heavy (non-hydrogen) atoms. The number of oxazole rings is 1. The third-order valence-electron chi connectivity index (χ3n) is 4.19. The van der Waals surface area contributed by atoms with Crippen LogP contribution < -0.4 is 9.47 Å². The molecule has 2 aromatic rings. The normalized spacial score (nSPS) is 16.1. The Kier molecular flexibility index (Phi) is 4.97. The van der Waals surface area contributed by atoms with Crippen LogP contribution in [0.4, 0.5) is 0 Å². The van der Waals surface area contributed by atoms with Gasteiger partial charge >= 0.3 is 0 Å². The highest BCUT2D eigenvalue weighted by molar-refractivity contribution is 5.92. The number of amides is 1. The fourth-order valence-corrected chi connectivity index (χ4v) is 2.83. The minimum Gasteiger partial charge on any atom is -0.486 e. The van der Waals surface area contributed by atoms with Gasteiger partial charge < -0.3 is 18.8 Å². The number of para-hydroxylation sites is 2. The average Bonchev–Trinajstić information content (AvgIpc) is 2.99. The maximum Gasteiger partial charge on any atom is 0.291 e. The van der Waals surface area contributed by atoms with Crippen molar-refractivity contribution < 1.29 is 18.7 Å². The molecule has 1 aromatic carbocycles. The van der Waals surface area contributed by atoms with E-state index < -0.39 is 0 Å². The summed E-state index contributed by atoms with van der Waals surface area (Å²) in [5, 5.41) is 0. The summed E-state index contributed by atoms with van der Waals surface area (Å²) < 4.78 is 17.4. The predicted molar refractivity (Wildman–Crippen MR) is 93.1 cm³/mol. The first-order valence-electron chi connectivity index (χ1n) is 8.65. The Bertz CT molecular complexity index is 754. The zero-order valence-electron chi connectivity index (χ0n) is 15.1. The van der Waals surface area contributed by atoms with Gasteiger partial charge in [0, 0.05) is 12.5 Å². The summed E-state index contributed by atoms with van der Waals surface area (Å²) >= 11 is 0. The quantitative estimate of drug-likeness (QED) is 0.833. The number of ether oxygens (including phenoxy) is 2. The van der Waals surface area contributed by atoms with E-state index in [4.69, 9.17) is 13.9 Å². The number of benzene rings is 1. The van der Waals surface area contributed by atoms with Crippen molar-refractivity contribution in [2.45, 2.75) is 46.3 Å². The first kappa shape index (κ1) is 17.3. The lowest BCUT2D eigenvalue weighted by atomic mass is 10.2. The highest BCUT2D eigenvalue weighted by Gasteiger charge is 2.30. The average molecular weight is 344 g/mol. The van der Waals surface area contributed by atoms with Gasteiger partial charge in [0.05, 0.1) is 12.2 Å². The third-order valence-corrected chi connectivity index (χ3v) is 4.19. The smallest absolute Gasteiger partial charge is 0.291 e. The van der Waals surface area contributed by atoms with Crippen molar-refractivity contribution in [3.63, 3.8) is 0 Å². The van der Waals surface area contributed by atoms with E-state index in [1.54, 1.807) is 11.8 Å². The molecule has 1 aliphatic heterocycles. The molecule has 2 heterocycles. The number of aryl methyl sites for hydroxylation is 2. The van der Waals surface area contributed by atoms with Gasteiger partial charge in [-0.3, -0.25) is 4.79 Å². The molecular formula is C19H24N2O4. The predicted octanol–water partition coefficient (Wildman–Crippen LogP) is 3.24. The van der Waals surface area contributed by atoms with Gasteiger partial charge in [-0.1, -0.05) is 19.1 Å². The van der Waals surface area contributed by atoms with Crippen molar-refractivity contribution >= 4 is 5.91 Å². The molecule has 0 unspecified atom stereocenters. The Morgan fingerprint density at radius 1 is 1.32 bits per heavy atom. The largest absolute Gasteiger partial charge is 0.486 e. The maximum absolute atomic E-state index is 13.0. The van der Waals surface area contributed by atoms with Crippen LogP contribution in [0, 0.1) is 6.92 Å². The molecule has 0 saturated carbocycles. The standard InChI is InChI=1S/C19H24N2O4/c1-5-17-20-13(4)18(25-17)19(22)21(12(2)3)10-14-11-23-15-8-6-7-9-16(15)24-14/h6-9,12,14H,5,10-11H2,1-4H3/t14-/m1/s1. The Morgan fingerprint density at radius 2 is 2.04 bits per heavy atom. The van der Waals surface area contributed by atoms with E-state index in [0.717, 1.165) is 5.75 Å². The second kappa shape index (κ2) is 7.17. The van der Waals surface area contributed by atoms with Gasteiger partial charge in [-0.25, -0.2) is 4.98 Å². The molecule has 1 aliphatic rings. The molecule has 6 heteroatoms. The van der Waals surface area contributed by atoms with Crippen LogP contribution in [-0.2, 0) is 6.42 Å². The monoisotopic (exact) mass is 344 g/mol. The van der Waals surface area contributed by atoms with Gasteiger partial charge in [0.25, 0.3) is 5.91 Å². The van der Waals surface area contributed by atoms with Crippen molar-refractivity contribution in [1.82, 2.24) is 9.88 Å². The SMILES string of the molecule is CCc1nc(C)c(C(=O)N(C[C@@H]2COc3ccccc3O2)C(C)C)o1. The number of rotatable bonds is 5. The number of hydrogen-bond acceptors (Lipinski definition) is 5. The lowest BCUT2D eigenvalue weighted by molar-refractivity contribution is 0.0371. The van der Waals surface area contributed by atoms with Gasteiger partial charge in [0.2, 0.25) is 5.76 Å². The Labute approximate surface area is 147 Å². The lowest BCUT2D eigenvalue weighted by Gasteiger charge is -2.33. The van der Waals surface area contributed by atoms with Crippen molar-refractivity contribution in [1.29, 1.82) is 0 Å². The highest BCUT2D eigenvalue weighted by Crippen LogP contribution is 2.31. The van der Waals surface area contributed by atoms with Crippen LogP contribution in [0.2, 0.25) is 0 Å². The van der Waals surface area contributed by atoms with Crippen LogP contribution in [0.5, 0.6) is 11.5 Å². The van der Waals surface area contributed by atoms with Gasteiger partial charge in [0.1, 0.15) is 6.61 Å². The van der Waals surface area contributed by atoms with E-state index in [1.165, 1.54) is 0 Å². The molecule has 0 bridgehead atoms. The molecule has 0 radical (unpaired) electrons. The van der Waals surface area contributed by atoms with E-state index in [2.05, 4.69) is 4.98 Å². The van der Waals surface area contributed by atoms with Gasteiger partial charge in [0.15, 0.2) is 23.5 Å². The van der Waals surface area contributed by atoms with E-state index in [9.17, 15) is 4.79 Å². The molecule has 1 aromatic heterocycles. The molecule has 0 N–H and O–H groups in total. The Hall–Kier alpha value is -2.50. The molecule has 0 fully saturated rings. The molecule has 134 valence electrons. The third kappa shape index (κ3) is 3.62. The number of carbonyl (C=O) groups is 1. The summed E-state index contributed by atoms with van der Waals surface area (Å²) in [5.41, 5.74) is 0.624. The molecular weight excluding hydrogens is 320 g/mol. The number of aromatic nitrogens is 1. The summed E-state index contributed by atoms with van der Waals surface area (Å²) in [6.07, 6.45) is 0.432. The topological polar surface area (TPSA) is 64.8 Å². The second-order valence-electron chi connectivity index (χ2n) is 6.42. The first-order chi connectivity index (χ1) is 12.0. The summed E-state index contributed by atoms with van der Waals surface area (Å²) in [4.78, 5) is 19.0. The zero-order valence-corrected chi connectivity index (χ0v) is 15.1. The van der Waals surface area contributed by atoms with Crippen LogP contribution >= 0.6 is 0 Å². The summed E-state index contributed by atoms with van der Waals surface area (Å²) in [7, 11) is 0. The van der Waals surface area contributed by atoms with Crippen molar-refractivity contribution in [2.75, 3.05) is 13.2 Å². The van der Waals surface area contributed by atoms with E-state index >= 15 is 0 Å². The summed E-state index contributed by atoms with van der Waals surface area (Å²) in [5.74, 6) is 2.17. The van der Waals surface area contributed by atoms with Crippen molar-refractivity contribution in [3.05, 3.63) is 41.6 Å². The van der Waals surface area contributed by atoms with E-state index in [1.807, 2.05) is 45.0 Å². The Balaban J connectivity index is 1.76. The van der Waals surface area contributed by atoms with Crippen molar-refractivity contribution in [2.24, 2.45) is 0 Å². The molecule has 3 rings (SSSR count). The molecule has 0 saturated heterocycles. The maximum atomic E-state index is 13.0. The van der Waals surface area contributed by atoms with Crippen LogP contribution in [-0.4, -0.2) is 41.1 Å². The molecule has 1 amide bonds. The minimum absolute atomic E-state index is 0.00264. The highest BCUT2D eigenvalue weighted by atomic mass is 16.6. The van der Waals surface area contributed by atoms with Gasteiger partial charge in [-0.2, -0.15) is 0 Å². The van der Waals surface area contributed by atoms with Gasteiger partial charge in [-0.15, -0.1) is 0 Å². The number of carbonyl (C=O) groups excluding carboxylic acids is 1. The van der Waals surface area contributed by atoms with Crippen molar-refractivity contribution in [3.8, 4) is 11.5 Å². The van der Waals surface area contributed by atoms with Crippen LogP contribution in [0.15, 0.2) is 28.7 Å². The van der Waals surface area contributed by atoms with E-state index in [0.29, 0.717) is 42.7 Å². The van der Waals surface area contributed by atoms with Crippen LogP contribution in [0.25, 0.3) is 0 Å². The van der Waals surface area contributed by atoms with Crippen LogP contribution in [0.3, 0.4) is 0 Å². The fraction of sp³-hybridized carbons (Fsp3) is 0.474. The summed E-state index contributed by atoms with van der Waals surface area (Å²) in [6, 6.07) is 7.56. The zero-order chi connectivity index (χ0) is 18.0. The second-order valence-corrected chi connectivity index (χ2v) is 6.42. The molecule has 0 aliphatic carbocycles.